The van der Waals surface area contributed by atoms with E-state index < -0.39 is 0 Å². The number of hydrogen-bond donors (Lipinski definition) is 0. The smallest absolute Gasteiger partial charge is 0.195 e. The minimum atomic E-state index is 0.714. The van der Waals surface area contributed by atoms with E-state index >= 15 is 0 Å². The molecule has 0 saturated carbocycles. The molecule has 0 N–H and O–H groups in total. The monoisotopic (exact) mass is 362 g/mol. The zero-order chi connectivity index (χ0) is 17.1. The van der Waals surface area contributed by atoms with Gasteiger partial charge in [-0.3, -0.25) is 4.57 Å². The van der Waals surface area contributed by atoms with E-state index in [0.29, 0.717) is 5.02 Å². The number of nitrogens with zero attached hydrogens (tertiary/aromatic N) is 2. The third kappa shape index (κ3) is 3.43. The Bertz CT molecular complexity index is 1030. The van der Waals surface area contributed by atoms with Gasteiger partial charge in [-0.05, 0) is 42.0 Å². The first-order chi connectivity index (χ1) is 12.3. The predicted octanol–water partition coefficient (Wildman–Crippen LogP) is 6.09. The summed E-state index contributed by atoms with van der Waals surface area (Å²) in [7, 11) is 0. The van der Waals surface area contributed by atoms with Crippen LogP contribution in [0.4, 0.5) is 5.69 Å². The predicted molar refractivity (Wildman–Crippen MR) is 106 cm³/mol. The zero-order valence-electron chi connectivity index (χ0n) is 13.3. The van der Waals surface area contributed by atoms with Crippen molar-refractivity contribution in [3.8, 4) is 16.9 Å². The van der Waals surface area contributed by atoms with E-state index in [0.717, 1.165) is 21.9 Å². The van der Waals surface area contributed by atoms with E-state index in [1.54, 1.807) is 11.3 Å². The van der Waals surface area contributed by atoms with Crippen LogP contribution in [0, 0.1) is 0 Å². The van der Waals surface area contributed by atoms with Gasteiger partial charge in [0.1, 0.15) is 0 Å². The topological polar surface area (TPSA) is 17.3 Å². The van der Waals surface area contributed by atoms with Crippen LogP contribution >= 0.6 is 22.9 Å². The van der Waals surface area contributed by atoms with Crippen LogP contribution in [0.5, 0.6) is 0 Å². The second-order valence-corrected chi connectivity index (χ2v) is 6.80. The SMILES string of the molecule is Clc1ccc(N=c2scc(-c3ccccc3)n2-c2ccccc2)cc1. The molecule has 0 bridgehead atoms. The fraction of sp³-hybridized carbons (Fsp3) is 0. The molecule has 2 nitrogen and oxygen atoms in total. The van der Waals surface area contributed by atoms with Crippen LogP contribution in [0.15, 0.2) is 95.3 Å². The van der Waals surface area contributed by atoms with Crippen LogP contribution in [-0.4, -0.2) is 4.57 Å². The lowest BCUT2D eigenvalue weighted by Gasteiger charge is -2.09. The van der Waals surface area contributed by atoms with Gasteiger partial charge in [0.25, 0.3) is 0 Å². The molecule has 4 rings (SSSR count). The molecule has 25 heavy (non-hydrogen) atoms. The van der Waals surface area contributed by atoms with E-state index in [9.17, 15) is 0 Å². The summed E-state index contributed by atoms with van der Waals surface area (Å²) in [6.45, 7) is 0. The number of benzene rings is 3. The highest BCUT2D eigenvalue weighted by Gasteiger charge is 2.09. The first-order valence-corrected chi connectivity index (χ1v) is 9.19. The molecule has 0 spiro atoms. The highest BCUT2D eigenvalue weighted by atomic mass is 35.5. The van der Waals surface area contributed by atoms with Gasteiger partial charge in [-0.25, -0.2) is 4.99 Å². The van der Waals surface area contributed by atoms with Crippen molar-refractivity contribution in [2.24, 2.45) is 4.99 Å². The number of thiazole rings is 1. The summed E-state index contributed by atoms with van der Waals surface area (Å²) in [5, 5.41) is 2.86. The number of halogens is 1. The summed E-state index contributed by atoms with van der Waals surface area (Å²) in [5.41, 5.74) is 4.27. The Morgan fingerprint density at radius 3 is 2.08 bits per heavy atom. The van der Waals surface area contributed by atoms with Gasteiger partial charge >= 0.3 is 0 Å². The lowest BCUT2D eigenvalue weighted by Crippen LogP contribution is -2.13. The fourth-order valence-electron chi connectivity index (χ4n) is 2.65. The maximum atomic E-state index is 5.98. The van der Waals surface area contributed by atoms with Crippen molar-refractivity contribution in [3.05, 3.63) is 100 Å². The van der Waals surface area contributed by atoms with Crippen LogP contribution in [0.25, 0.3) is 16.9 Å². The summed E-state index contributed by atoms with van der Waals surface area (Å²) < 4.78 is 2.19. The molecule has 0 saturated heterocycles. The molecule has 0 unspecified atom stereocenters. The van der Waals surface area contributed by atoms with Gasteiger partial charge in [0, 0.05) is 16.1 Å². The van der Waals surface area contributed by atoms with Gasteiger partial charge < -0.3 is 0 Å². The van der Waals surface area contributed by atoms with Gasteiger partial charge in [-0.2, -0.15) is 0 Å². The summed E-state index contributed by atoms with van der Waals surface area (Å²) in [4.78, 5) is 5.75. The van der Waals surface area contributed by atoms with E-state index in [1.807, 2.05) is 48.5 Å². The molecular formula is C21H15ClN2S. The highest BCUT2D eigenvalue weighted by Crippen LogP contribution is 2.24. The molecule has 3 aromatic carbocycles. The third-order valence-corrected chi connectivity index (χ3v) is 4.92. The minimum absolute atomic E-state index is 0.714. The van der Waals surface area contributed by atoms with Gasteiger partial charge in [0.05, 0.1) is 11.4 Å². The molecule has 4 aromatic rings. The van der Waals surface area contributed by atoms with Crippen LogP contribution in [-0.2, 0) is 0 Å². The van der Waals surface area contributed by atoms with Crippen LogP contribution in [0.3, 0.4) is 0 Å². The summed E-state index contributed by atoms with van der Waals surface area (Å²) in [5.74, 6) is 0. The van der Waals surface area contributed by atoms with Crippen molar-refractivity contribution in [1.29, 1.82) is 0 Å². The molecule has 4 heteroatoms. The maximum absolute atomic E-state index is 5.98. The molecule has 0 atom stereocenters. The van der Waals surface area contributed by atoms with Gasteiger partial charge in [0.2, 0.25) is 0 Å². The normalized spacial score (nSPS) is 11.6. The van der Waals surface area contributed by atoms with Gasteiger partial charge in [-0.15, -0.1) is 11.3 Å². The van der Waals surface area contributed by atoms with Crippen molar-refractivity contribution >= 4 is 28.6 Å². The maximum Gasteiger partial charge on any atom is 0.195 e. The van der Waals surface area contributed by atoms with Crippen LogP contribution in [0.1, 0.15) is 0 Å². The molecular weight excluding hydrogens is 348 g/mol. The average Bonchev–Trinajstić information content (AvgIpc) is 3.08. The molecule has 1 aromatic heterocycles. The minimum Gasteiger partial charge on any atom is -0.285 e. The number of rotatable bonds is 3. The van der Waals surface area contributed by atoms with Crippen molar-refractivity contribution in [1.82, 2.24) is 4.57 Å². The molecule has 0 radical (unpaired) electrons. The first kappa shape index (κ1) is 15.9. The molecule has 0 aliphatic carbocycles. The molecule has 0 fully saturated rings. The Kier molecular flexibility index (Phi) is 4.51. The standard InChI is InChI=1S/C21H15ClN2S/c22-17-11-13-18(14-12-17)23-21-24(19-9-5-2-6-10-19)20(15-25-21)16-7-3-1-4-8-16/h1-15H. The van der Waals surface area contributed by atoms with Gasteiger partial charge in [-0.1, -0.05) is 60.1 Å². The van der Waals surface area contributed by atoms with Crippen molar-refractivity contribution < 1.29 is 0 Å². The third-order valence-electron chi connectivity index (χ3n) is 3.84. The first-order valence-electron chi connectivity index (χ1n) is 7.93. The Morgan fingerprint density at radius 1 is 0.760 bits per heavy atom. The quantitative estimate of drug-likeness (QED) is 0.419. The van der Waals surface area contributed by atoms with E-state index in [4.69, 9.17) is 16.6 Å². The zero-order valence-corrected chi connectivity index (χ0v) is 14.9. The number of hydrogen-bond acceptors (Lipinski definition) is 2. The molecule has 122 valence electrons. The Labute approximate surface area is 155 Å². The number of para-hydroxylation sites is 1. The fourth-order valence-corrected chi connectivity index (χ4v) is 3.70. The van der Waals surface area contributed by atoms with E-state index in [2.05, 4.69) is 46.3 Å². The largest absolute Gasteiger partial charge is 0.285 e. The average molecular weight is 363 g/mol. The Morgan fingerprint density at radius 2 is 1.40 bits per heavy atom. The lowest BCUT2D eigenvalue weighted by molar-refractivity contribution is 1.01. The van der Waals surface area contributed by atoms with Crippen molar-refractivity contribution in [2.45, 2.75) is 0 Å². The van der Waals surface area contributed by atoms with Crippen LogP contribution in [0.2, 0.25) is 5.02 Å². The summed E-state index contributed by atoms with van der Waals surface area (Å²) >= 11 is 7.61. The van der Waals surface area contributed by atoms with E-state index in [1.165, 1.54) is 5.56 Å². The van der Waals surface area contributed by atoms with Gasteiger partial charge in [0.15, 0.2) is 4.80 Å². The molecule has 1 heterocycles. The molecule has 0 aliphatic rings. The molecule has 0 amide bonds. The Hall–Kier alpha value is -2.62. The Balaban J connectivity index is 1.94. The second kappa shape index (κ2) is 7.09. The van der Waals surface area contributed by atoms with Crippen molar-refractivity contribution in [2.75, 3.05) is 0 Å². The summed E-state index contributed by atoms with van der Waals surface area (Å²) in [6, 6.07) is 28.3. The lowest BCUT2D eigenvalue weighted by atomic mass is 10.1. The van der Waals surface area contributed by atoms with Crippen LogP contribution < -0.4 is 4.80 Å². The van der Waals surface area contributed by atoms with Crippen molar-refractivity contribution in [3.63, 3.8) is 0 Å². The number of aromatic nitrogens is 1. The molecule has 0 aliphatic heterocycles. The highest BCUT2D eigenvalue weighted by molar-refractivity contribution is 7.07. The van der Waals surface area contributed by atoms with E-state index in [-0.39, 0.29) is 0 Å². The second-order valence-electron chi connectivity index (χ2n) is 5.53. The summed E-state index contributed by atoms with van der Waals surface area (Å²) in [6.07, 6.45) is 0.